The topological polar surface area (TPSA) is 293 Å². The van der Waals surface area contributed by atoms with Crippen LogP contribution in [-0.2, 0) is 14.2 Å². The van der Waals surface area contributed by atoms with Crippen LogP contribution in [0.4, 0.5) is 9.59 Å². The highest BCUT2D eigenvalue weighted by Gasteiger charge is 2.45. The van der Waals surface area contributed by atoms with Crippen LogP contribution in [0.25, 0.3) is 0 Å². The first-order valence-corrected chi connectivity index (χ1v) is 12.9. The van der Waals surface area contributed by atoms with Crippen molar-refractivity contribution >= 4 is 35.3 Å². The third-order valence-electron chi connectivity index (χ3n) is 5.77. The lowest BCUT2D eigenvalue weighted by Crippen LogP contribution is -2.64. The molecule has 0 aromatic rings. The third-order valence-corrected chi connectivity index (χ3v) is 6.11. The van der Waals surface area contributed by atoms with Gasteiger partial charge in [-0.15, -0.1) is 33.0 Å². The molecule has 0 aromatic heterocycles. The van der Waals surface area contributed by atoms with Crippen molar-refractivity contribution in [2.75, 3.05) is 45.1 Å². The second-order valence-electron chi connectivity index (χ2n) is 8.42. The molecule has 2 heterocycles. The summed E-state index contributed by atoms with van der Waals surface area (Å²) in [6, 6.07) is -1.82. The summed E-state index contributed by atoms with van der Waals surface area (Å²) in [6.07, 6.45) is -13.9. The van der Waals surface area contributed by atoms with Crippen molar-refractivity contribution < 1.29 is 59.5 Å². The minimum Gasteiger partial charge on any atom is -0.394 e. The predicted molar refractivity (Wildman–Crippen MR) is 136 cm³/mol. The second kappa shape index (κ2) is 18.5. The first-order valence-electron chi connectivity index (χ1n) is 11.9. The zero-order valence-electron chi connectivity index (χ0n) is 21.5. The molecular weight excluding hydrogens is 607 g/mol. The average molecular weight is 641 g/mol. The van der Waals surface area contributed by atoms with Gasteiger partial charge in [-0.1, -0.05) is 0 Å². The van der Waals surface area contributed by atoms with E-state index in [9.17, 15) is 50.0 Å². The number of aliphatic hydroxyl groups excluding tert-OH is 7. The van der Waals surface area contributed by atoms with Crippen molar-refractivity contribution in [1.29, 1.82) is 0 Å². The Kier molecular flexibility index (Phi) is 16.6. The lowest BCUT2D eigenvalue weighted by atomic mass is 9.98. The zero-order chi connectivity index (χ0) is 31.3. The third kappa shape index (κ3) is 10.3. The molecule has 0 aromatic carbocycles. The summed E-state index contributed by atoms with van der Waals surface area (Å²) < 4.78 is 15.0. The Labute approximate surface area is 242 Å². The average Bonchev–Trinajstić information content (AvgIpc) is 2.97. The van der Waals surface area contributed by atoms with Crippen LogP contribution in [0.1, 0.15) is 0 Å². The molecule has 0 spiro atoms. The molecule has 41 heavy (non-hydrogen) atoms. The van der Waals surface area contributed by atoms with Crippen LogP contribution < -0.4 is 10.6 Å². The van der Waals surface area contributed by atoms with Gasteiger partial charge in [0, 0.05) is 25.4 Å². The van der Waals surface area contributed by atoms with Gasteiger partial charge >= 0.3 is 12.1 Å². The lowest BCUT2D eigenvalue weighted by molar-refractivity contribution is -0.288. The normalized spacial score (nSPS) is 33.0. The van der Waals surface area contributed by atoms with E-state index in [1.165, 1.54) is 7.11 Å². The maximum Gasteiger partial charge on any atom is 0.342 e. The van der Waals surface area contributed by atoms with Crippen molar-refractivity contribution in [3.8, 4) is 0 Å². The number of carbonyl (C=O) groups excluding carboxylic acids is 2. The number of nitroso groups, excluding NO2 is 2. The van der Waals surface area contributed by atoms with E-state index in [0.717, 1.165) is 0 Å². The minimum absolute atomic E-state index is 0.0262. The number of aliphatic hydroxyl groups is 7. The summed E-state index contributed by atoms with van der Waals surface area (Å²) in [5.74, 6) is -0.00773. The fourth-order valence-corrected chi connectivity index (χ4v) is 3.82. The van der Waals surface area contributed by atoms with Crippen molar-refractivity contribution in [2.24, 2.45) is 10.6 Å². The molecule has 0 radical (unpaired) electrons. The predicted octanol–water partition coefficient (Wildman–Crippen LogP) is -3.91. The molecule has 2 fully saturated rings. The van der Waals surface area contributed by atoms with Gasteiger partial charge in [0.05, 0.1) is 30.3 Å². The van der Waals surface area contributed by atoms with Gasteiger partial charge in [-0.05, 0) is 0 Å². The highest BCUT2D eigenvalue weighted by molar-refractivity contribution is 6.18. The number of ether oxygens (including phenoxy) is 3. The van der Waals surface area contributed by atoms with Gasteiger partial charge in [-0.3, -0.25) is 0 Å². The van der Waals surface area contributed by atoms with Crippen molar-refractivity contribution in [2.45, 2.75) is 61.3 Å². The Morgan fingerprint density at radius 2 is 1.32 bits per heavy atom. The van der Waals surface area contributed by atoms with Crippen molar-refractivity contribution in [3.63, 3.8) is 0 Å². The van der Waals surface area contributed by atoms with E-state index in [1.807, 2.05) is 0 Å². The number of hydrogen-bond acceptors (Lipinski definition) is 16. The Morgan fingerprint density at radius 1 is 0.805 bits per heavy atom. The number of nitrogens with zero attached hydrogens (tertiary/aromatic N) is 4. The zero-order valence-corrected chi connectivity index (χ0v) is 23.1. The fraction of sp³-hybridized carbons (Fsp3) is 0.895. The molecule has 2 saturated heterocycles. The standard InChI is InChI=1S/C10H18ClN3O7.C9H16ClN3O7/c1-20-9-8(17)7(16)6(15)5(21-9)4-12-10(18)14(13-19)3-2-11;10-1-2-13(12-19)9(18)11-8-7(17)6(16)5(15)4(3-14)20-8/h5-9,15-17H,2-4H2,1H3,(H,12,18);4-8,14-17H,1-3H2,(H,11,18)/t5-,6-,7+,8-,9+;4-,5-,6+,7-,8-/m11/s1. The van der Waals surface area contributed by atoms with Gasteiger partial charge in [0.15, 0.2) is 12.5 Å². The molecule has 20 nitrogen and oxygen atoms in total. The van der Waals surface area contributed by atoms with Gasteiger partial charge in [0.2, 0.25) is 0 Å². The van der Waals surface area contributed by atoms with E-state index in [0.29, 0.717) is 10.0 Å². The van der Waals surface area contributed by atoms with Crippen molar-refractivity contribution in [3.05, 3.63) is 9.81 Å². The quantitative estimate of drug-likeness (QED) is 0.0592. The monoisotopic (exact) mass is 640 g/mol. The molecule has 2 rings (SSSR count). The molecular formula is C19H34Cl2N6O14. The van der Waals surface area contributed by atoms with Gasteiger partial charge < -0.3 is 60.6 Å². The van der Waals surface area contributed by atoms with E-state index in [2.05, 4.69) is 21.2 Å². The Bertz CT molecular complexity index is 835. The van der Waals surface area contributed by atoms with Crippen LogP contribution in [0.15, 0.2) is 10.6 Å². The Morgan fingerprint density at radius 3 is 1.80 bits per heavy atom. The molecule has 0 unspecified atom stereocenters. The Balaban J connectivity index is 0.000000410. The number of nitrogens with one attached hydrogen (secondary N) is 2. The van der Waals surface area contributed by atoms with Crippen LogP contribution >= 0.6 is 23.2 Å². The number of carbonyl (C=O) groups is 2. The molecule has 22 heteroatoms. The molecule has 10 atom stereocenters. The summed E-state index contributed by atoms with van der Waals surface area (Å²) in [5, 5.41) is 77.1. The van der Waals surface area contributed by atoms with Crippen LogP contribution in [0, 0.1) is 9.81 Å². The van der Waals surface area contributed by atoms with E-state index < -0.39 is 80.0 Å². The molecule has 2 aliphatic heterocycles. The van der Waals surface area contributed by atoms with Gasteiger partial charge in [0.1, 0.15) is 48.8 Å². The van der Waals surface area contributed by atoms with E-state index in [1.54, 1.807) is 0 Å². The first-order chi connectivity index (χ1) is 19.4. The maximum atomic E-state index is 11.6. The van der Waals surface area contributed by atoms with Crippen LogP contribution in [0.5, 0.6) is 0 Å². The fourth-order valence-electron chi connectivity index (χ4n) is 3.50. The smallest absolute Gasteiger partial charge is 0.342 e. The molecule has 2 aliphatic rings. The van der Waals surface area contributed by atoms with Crippen LogP contribution in [0.3, 0.4) is 0 Å². The summed E-state index contributed by atoms with van der Waals surface area (Å²) in [7, 11) is 1.26. The molecule has 9 N–H and O–H groups in total. The highest BCUT2D eigenvalue weighted by Crippen LogP contribution is 2.22. The maximum absolute atomic E-state index is 11.6. The summed E-state index contributed by atoms with van der Waals surface area (Å²) in [4.78, 5) is 44.1. The number of amides is 4. The highest BCUT2D eigenvalue weighted by atomic mass is 35.5. The van der Waals surface area contributed by atoms with Crippen molar-refractivity contribution in [1.82, 2.24) is 20.7 Å². The second-order valence-corrected chi connectivity index (χ2v) is 9.18. The van der Waals surface area contributed by atoms with Gasteiger partial charge in [0.25, 0.3) is 0 Å². The summed E-state index contributed by atoms with van der Waals surface area (Å²) in [5.41, 5.74) is 0. The molecule has 0 aliphatic carbocycles. The molecule has 238 valence electrons. The lowest BCUT2D eigenvalue weighted by Gasteiger charge is -2.40. The Hall–Kier alpha value is -2.08. The van der Waals surface area contributed by atoms with Crippen LogP contribution in [-0.4, -0.2) is 164 Å². The first kappa shape index (κ1) is 36.9. The number of rotatable bonds is 11. The SMILES string of the molecule is CO[C@H]1O[C@H](CNC(=O)N(CCCl)N=O)[C@@H](O)[C@H](O)[C@H]1O.O=NN(CCCl)C(=O)N[C@@H]1O[C@H](CO)[C@@H](O)[C@H](O)[C@H]1O. The van der Waals surface area contributed by atoms with Gasteiger partial charge in [-0.2, -0.15) is 10.0 Å². The van der Waals surface area contributed by atoms with E-state index >= 15 is 0 Å². The van der Waals surface area contributed by atoms with E-state index in [4.69, 9.17) is 42.5 Å². The van der Waals surface area contributed by atoms with Crippen LogP contribution in [0.2, 0.25) is 0 Å². The largest absolute Gasteiger partial charge is 0.394 e. The number of hydrogen-bond donors (Lipinski definition) is 9. The minimum atomic E-state index is -1.64. The van der Waals surface area contributed by atoms with Gasteiger partial charge in [-0.25, -0.2) is 9.59 Å². The van der Waals surface area contributed by atoms with E-state index in [-0.39, 0.29) is 31.4 Å². The molecule has 0 saturated carbocycles. The molecule has 4 amide bonds. The number of urea groups is 2. The number of methoxy groups -OCH3 is 1. The number of alkyl halides is 2. The summed E-state index contributed by atoms with van der Waals surface area (Å²) in [6.45, 7) is -1.09. The molecule has 0 bridgehead atoms. The summed E-state index contributed by atoms with van der Waals surface area (Å²) >= 11 is 10.8. The number of halogens is 2.